The second kappa shape index (κ2) is 4.03. The summed E-state index contributed by atoms with van der Waals surface area (Å²) < 4.78 is 1.03. The van der Waals surface area contributed by atoms with Crippen LogP contribution < -0.4 is 4.90 Å². The van der Waals surface area contributed by atoms with Crippen molar-refractivity contribution >= 4 is 21.6 Å². The summed E-state index contributed by atoms with van der Waals surface area (Å²) in [6, 6.07) is 6.65. The van der Waals surface area contributed by atoms with E-state index in [1.165, 1.54) is 11.3 Å². The molecule has 0 spiro atoms. The molecule has 2 rings (SSSR count). The number of nitriles is 1. The van der Waals surface area contributed by atoms with Crippen LogP contribution >= 0.6 is 15.9 Å². The van der Waals surface area contributed by atoms with Gasteiger partial charge in [0.05, 0.1) is 17.3 Å². The van der Waals surface area contributed by atoms with E-state index in [0.29, 0.717) is 6.04 Å². The van der Waals surface area contributed by atoms with E-state index in [-0.39, 0.29) is 5.41 Å². The van der Waals surface area contributed by atoms with E-state index in [4.69, 9.17) is 5.26 Å². The lowest BCUT2D eigenvalue weighted by Crippen LogP contribution is -2.33. The maximum Gasteiger partial charge on any atom is 0.0992 e. The highest BCUT2D eigenvalue weighted by atomic mass is 79.9. The highest BCUT2D eigenvalue weighted by Gasteiger charge is 2.37. The first-order valence-electron chi connectivity index (χ1n) is 5.87. The Morgan fingerprint density at radius 1 is 1.41 bits per heavy atom. The van der Waals surface area contributed by atoms with Gasteiger partial charge in [0.25, 0.3) is 0 Å². The van der Waals surface area contributed by atoms with Crippen LogP contribution in [0.5, 0.6) is 0 Å². The fraction of sp³-hybridized carbons (Fsp3) is 0.500. The molecule has 1 aliphatic rings. The van der Waals surface area contributed by atoms with Crippen LogP contribution in [0.15, 0.2) is 16.6 Å². The van der Waals surface area contributed by atoms with E-state index in [1.54, 1.807) is 0 Å². The summed E-state index contributed by atoms with van der Waals surface area (Å²) in [5, 5.41) is 9.05. The summed E-state index contributed by atoms with van der Waals surface area (Å²) in [7, 11) is 0. The molecule has 90 valence electrons. The summed E-state index contributed by atoms with van der Waals surface area (Å²) in [5.74, 6) is 0. The van der Waals surface area contributed by atoms with E-state index >= 15 is 0 Å². The van der Waals surface area contributed by atoms with Crippen molar-refractivity contribution in [2.75, 3.05) is 11.4 Å². The molecular formula is C14H17BrN2. The smallest absolute Gasteiger partial charge is 0.0992 e. The van der Waals surface area contributed by atoms with Gasteiger partial charge in [0, 0.05) is 22.5 Å². The largest absolute Gasteiger partial charge is 0.367 e. The normalized spacial score (nSPS) is 17.1. The van der Waals surface area contributed by atoms with Gasteiger partial charge in [-0.3, -0.25) is 0 Å². The molecule has 0 unspecified atom stereocenters. The zero-order valence-electron chi connectivity index (χ0n) is 10.7. The average Bonchev–Trinajstić information content (AvgIpc) is 2.51. The number of anilines is 1. The third kappa shape index (κ3) is 1.95. The highest BCUT2D eigenvalue weighted by molar-refractivity contribution is 9.10. The molecule has 1 heterocycles. The SMILES string of the molecule is CC(C)N1CC(C)(C)c2cc(C#N)cc(Br)c21. The second-order valence-electron chi connectivity index (χ2n) is 5.57. The Kier molecular flexibility index (Phi) is 2.95. The van der Waals surface area contributed by atoms with E-state index in [0.717, 1.165) is 16.6 Å². The summed E-state index contributed by atoms with van der Waals surface area (Å²) >= 11 is 3.61. The molecule has 0 saturated carbocycles. The molecule has 1 aliphatic heterocycles. The highest BCUT2D eigenvalue weighted by Crippen LogP contribution is 2.45. The molecule has 0 bridgehead atoms. The Labute approximate surface area is 111 Å². The Morgan fingerprint density at radius 2 is 2.06 bits per heavy atom. The molecule has 0 amide bonds. The quantitative estimate of drug-likeness (QED) is 0.787. The van der Waals surface area contributed by atoms with E-state index in [2.05, 4.69) is 54.6 Å². The Bertz CT molecular complexity index is 498. The van der Waals surface area contributed by atoms with Crippen LogP contribution in [-0.2, 0) is 5.41 Å². The van der Waals surface area contributed by atoms with Crippen molar-refractivity contribution in [2.24, 2.45) is 0 Å². The second-order valence-corrected chi connectivity index (χ2v) is 6.43. The lowest BCUT2D eigenvalue weighted by molar-refractivity contribution is 0.531. The fourth-order valence-electron chi connectivity index (χ4n) is 2.50. The first kappa shape index (κ1) is 12.4. The topological polar surface area (TPSA) is 27.0 Å². The average molecular weight is 293 g/mol. The van der Waals surface area contributed by atoms with Crippen molar-refractivity contribution in [1.82, 2.24) is 0 Å². The summed E-state index contributed by atoms with van der Waals surface area (Å²) in [5.41, 5.74) is 3.37. The minimum atomic E-state index is 0.106. The molecule has 0 aromatic heterocycles. The van der Waals surface area contributed by atoms with Crippen LogP contribution in [0.4, 0.5) is 5.69 Å². The molecule has 0 fully saturated rings. The van der Waals surface area contributed by atoms with Gasteiger partial charge in [-0.2, -0.15) is 5.26 Å². The van der Waals surface area contributed by atoms with Crippen molar-refractivity contribution in [3.05, 3.63) is 27.7 Å². The molecule has 0 N–H and O–H groups in total. The van der Waals surface area contributed by atoms with E-state index in [9.17, 15) is 0 Å². The summed E-state index contributed by atoms with van der Waals surface area (Å²) in [6.45, 7) is 9.89. The number of rotatable bonds is 1. The van der Waals surface area contributed by atoms with Gasteiger partial charge in [-0.1, -0.05) is 13.8 Å². The number of benzene rings is 1. The monoisotopic (exact) mass is 292 g/mol. The van der Waals surface area contributed by atoms with Gasteiger partial charge >= 0.3 is 0 Å². The van der Waals surface area contributed by atoms with Gasteiger partial charge in [-0.25, -0.2) is 0 Å². The third-order valence-electron chi connectivity index (χ3n) is 3.40. The zero-order chi connectivity index (χ0) is 12.8. The maximum absolute atomic E-state index is 9.05. The lowest BCUT2D eigenvalue weighted by Gasteiger charge is -2.26. The molecule has 0 atom stereocenters. The minimum Gasteiger partial charge on any atom is -0.367 e. The van der Waals surface area contributed by atoms with Crippen LogP contribution in [0, 0.1) is 11.3 Å². The van der Waals surface area contributed by atoms with Crippen molar-refractivity contribution in [3.8, 4) is 6.07 Å². The molecule has 1 aromatic rings. The minimum absolute atomic E-state index is 0.106. The van der Waals surface area contributed by atoms with Crippen molar-refractivity contribution in [3.63, 3.8) is 0 Å². The molecule has 17 heavy (non-hydrogen) atoms. The van der Waals surface area contributed by atoms with Crippen LogP contribution in [0.3, 0.4) is 0 Å². The van der Waals surface area contributed by atoms with Crippen LogP contribution in [0.2, 0.25) is 0 Å². The van der Waals surface area contributed by atoms with Crippen LogP contribution in [-0.4, -0.2) is 12.6 Å². The maximum atomic E-state index is 9.05. The van der Waals surface area contributed by atoms with Gasteiger partial charge in [0.1, 0.15) is 0 Å². The number of fused-ring (bicyclic) bond motifs is 1. The van der Waals surface area contributed by atoms with Crippen molar-refractivity contribution in [2.45, 2.75) is 39.2 Å². The molecule has 2 nitrogen and oxygen atoms in total. The van der Waals surface area contributed by atoms with Gasteiger partial charge in [-0.05, 0) is 47.5 Å². The zero-order valence-corrected chi connectivity index (χ0v) is 12.3. The predicted molar refractivity (Wildman–Crippen MR) is 74.4 cm³/mol. The van der Waals surface area contributed by atoms with Crippen LogP contribution in [0.1, 0.15) is 38.8 Å². The number of hydrogen-bond acceptors (Lipinski definition) is 2. The first-order valence-corrected chi connectivity index (χ1v) is 6.67. The summed E-state index contributed by atoms with van der Waals surface area (Å²) in [6.07, 6.45) is 0. The van der Waals surface area contributed by atoms with E-state index in [1.807, 2.05) is 12.1 Å². The Balaban J connectivity index is 2.66. The Hall–Kier alpha value is -1.01. The fourth-order valence-corrected chi connectivity index (χ4v) is 3.19. The van der Waals surface area contributed by atoms with Gasteiger partial charge in [0.15, 0.2) is 0 Å². The lowest BCUT2D eigenvalue weighted by atomic mass is 9.86. The molecule has 0 radical (unpaired) electrons. The van der Waals surface area contributed by atoms with Gasteiger partial charge in [0.2, 0.25) is 0 Å². The first-order chi connectivity index (χ1) is 7.86. The summed E-state index contributed by atoms with van der Waals surface area (Å²) in [4.78, 5) is 2.40. The number of halogens is 1. The predicted octanol–water partition coefficient (Wildman–Crippen LogP) is 3.83. The van der Waals surface area contributed by atoms with Crippen molar-refractivity contribution in [1.29, 1.82) is 5.26 Å². The third-order valence-corrected chi connectivity index (χ3v) is 4.00. The van der Waals surface area contributed by atoms with Gasteiger partial charge in [-0.15, -0.1) is 0 Å². The van der Waals surface area contributed by atoms with Crippen molar-refractivity contribution < 1.29 is 0 Å². The molecule has 0 saturated heterocycles. The molecular weight excluding hydrogens is 276 g/mol. The number of hydrogen-bond donors (Lipinski definition) is 0. The molecule has 0 aliphatic carbocycles. The number of nitrogens with zero attached hydrogens (tertiary/aromatic N) is 2. The molecule has 1 aromatic carbocycles. The molecule has 3 heteroatoms. The van der Waals surface area contributed by atoms with Gasteiger partial charge < -0.3 is 4.90 Å². The standard InChI is InChI=1S/C14H17BrN2/c1-9(2)17-8-14(3,4)11-5-10(7-16)6-12(15)13(11)17/h5-6,9H,8H2,1-4H3. The van der Waals surface area contributed by atoms with E-state index < -0.39 is 0 Å². The Morgan fingerprint density at radius 3 is 2.59 bits per heavy atom. The van der Waals surface area contributed by atoms with Crippen LogP contribution in [0.25, 0.3) is 0 Å².